The number of rotatable bonds is 6. The lowest BCUT2D eigenvalue weighted by atomic mass is 10.0. The lowest BCUT2D eigenvalue weighted by Crippen LogP contribution is -2.26. The van der Waals surface area contributed by atoms with Crippen molar-refractivity contribution in [3.8, 4) is 6.07 Å². The number of hydrogen-bond acceptors (Lipinski definition) is 3. The third kappa shape index (κ3) is 4.65. The molecular formula is C18H20N2O2S. The number of benzene rings is 2. The molecule has 2 rings (SSSR count). The van der Waals surface area contributed by atoms with Crippen LogP contribution >= 0.6 is 0 Å². The SMILES string of the molecule is CC(C)c1ccc(CCNS(=O)(=O)c2cccc(C#N)c2)cc1. The van der Waals surface area contributed by atoms with Crippen molar-refractivity contribution in [3.05, 3.63) is 65.2 Å². The molecule has 0 radical (unpaired) electrons. The van der Waals surface area contributed by atoms with Crippen LogP contribution in [0.4, 0.5) is 0 Å². The highest BCUT2D eigenvalue weighted by Gasteiger charge is 2.13. The Hall–Kier alpha value is -2.16. The zero-order valence-electron chi connectivity index (χ0n) is 13.3. The van der Waals surface area contributed by atoms with Gasteiger partial charge in [-0.15, -0.1) is 0 Å². The zero-order chi connectivity index (χ0) is 16.9. The van der Waals surface area contributed by atoms with Crippen molar-refractivity contribution >= 4 is 10.0 Å². The maximum Gasteiger partial charge on any atom is 0.240 e. The molecule has 0 saturated heterocycles. The second kappa shape index (κ2) is 7.40. The van der Waals surface area contributed by atoms with E-state index < -0.39 is 10.0 Å². The van der Waals surface area contributed by atoms with E-state index in [-0.39, 0.29) is 4.90 Å². The molecule has 0 bridgehead atoms. The Balaban J connectivity index is 1.98. The van der Waals surface area contributed by atoms with E-state index in [1.165, 1.54) is 17.7 Å². The fraction of sp³-hybridized carbons (Fsp3) is 0.278. The molecule has 23 heavy (non-hydrogen) atoms. The normalized spacial score (nSPS) is 11.4. The molecule has 0 aliphatic heterocycles. The smallest absolute Gasteiger partial charge is 0.211 e. The summed E-state index contributed by atoms with van der Waals surface area (Å²) in [5.74, 6) is 0.481. The summed E-state index contributed by atoms with van der Waals surface area (Å²) >= 11 is 0. The van der Waals surface area contributed by atoms with Crippen molar-refractivity contribution in [3.63, 3.8) is 0 Å². The summed E-state index contributed by atoms with van der Waals surface area (Å²) in [4.78, 5) is 0.117. The Kier molecular flexibility index (Phi) is 5.54. The summed E-state index contributed by atoms with van der Waals surface area (Å²) in [7, 11) is -3.59. The van der Waals surface area contributed by atoms with Crippen molar-refractivity contribution in [1.82, 2.24) is 4.72 Å². The molecule has 2 aromatic carbocycles. The summed E-state index contributed by atoms with van der Waals surface area (Å²) in [5, 5.41) is 8.85. The molecule has 0 spiro atoms. The summed E-state index contributed by atoms with van der Waals surface area (Å²) in [6, 6.07) is 16.2. The van der Waals surface area contributed by atoms with Gasteiger partial charge in [0, 0.05) is 6.54 Å². The van der Waals surface area contributed by atoms with Crippen LogP contribution in [0, 0.1) is 11.3 Å². The predicted molar refractivity (Wildman–Crippen MR) is 90.6 cm³/mol. The fourth-order valence-electron chi connectivity index (χ4n) is 2.22. The average molecular weight is 328 g/mol. The lowest BCUT2D eigenvalue weighted by molar-refractivity contribution is 0.581. The molecule has 0 amide bonds. The highest BCUT2D eigenvalue weighted by molar-refractivity contribution is 7.89. The maximum absolute atomic E-state index is 12.2. The van der Waals surface area contributed by atoms with E-state index in [2.05, 4.69) is 30.7 Å². The molecule has 2 aromatic rings. The third-order valence-electron chi connectivity index (χ3n) is 3.63. The molecule has 1 N–H and O–H groups in total. The van der Waals surface area contributed by atoms with Crippen LogP contribution in [0.2, 0.25) is 0 Å². The standard InChI is InChI=1S/C18H20N2O2S/c1-14(2)17-8-6-15(7-9-17)10-11-20-23(21,22)18-5-3-4-16(12-18)13-19/h3-9,12,14,20H,10-11H2,1-2H3. The number of hydrogen-bond donors (Lipinski definition) is 1. The molecule has 4 nitrogen and oxygen atoms in total. The predicted octanol–water partition coefficient (Wildman–Crippen LogP) is 3.20. The molecule has 0 aliphatic rings. The van der Waals surface area contributed by atoms with Gasteiger partial charge in [-0.05, 0) is 41.7 Å². The number of nitrogens with one attached hydrogen (secondary N) is 1. The Morgan fingerprint density at radius 2 is 1.83 bits per heavy atom. The van der Waals surface area contributed by atoms with E-state index >= 15 is 0 Å². The largest absolute Gasteiger partial charge is 0.240 e. The van der Waals surface area contributed by atoms with Crippen LogP contribution in [-0.4, -0.2) is 15.0 Å². The minimum Gasteiger partial charge on any atom is -0.211 e. The first kappa shape index (κ1) is 17.2. The topological polar surface area (TPSA) is 70.0 Å². The van der Waals surface area contributed by atoms with Gasteiger partial charge >= 0.3 is 0 Å². The summed E-state index contributed by atoms with van der Waals surface area (Å²) < 4.78 is 27.0. The van der Waals surface area contributed by atoms with E-state index in [1.54, 1.807) is 12.1 Å². The van der Waals surface area contributed by atoms with Crippen molar-refractivity contribution in [2.45, 2.75) is 31.1 Å². The summed E-state index contributed by atoms with van der Waals surface area (Å²) in [6.45, 7) is 4.59. The first-order valence-electron chi connectivity index (χ1n) is 7.51. The van der Waals surface area contributed by atoms with Crippen LogP contribution in [0.5, 0.6) is 0 Å². The Labute approximate surface area is 137 Å². The number of nitriles is 1. The molecule has 5 heteroatoms. The molecule has 0 heterocycles. The minimum absolute atomic E-state index is 0.117. The van der Waals surface area contributed by atoms with E-state index in [1.807, 2.05) is 18.2 Å². The van der Waals surface area contributed by atoms with Crippen molar-refractivity contribution in [2.24, 2.45) is 0 Å². The van der Waals surface area contributed by atoms with Crippen molar-refractivity contribution in [2.75, 3.05) is 6.54 Å². The van der Waals surface area contributed by atoms with Crippen molar-refractivity contribution in [1.29, 1.82) is 5.26 Å². The highest BCUT2D eigenvalue weighted by Crippen LogP contribution is 2.15. The number of sulfonamides is 1. The van der Waals surface area contributed by atoms with Gasteiger partial charge in [-0.1, -0.05) is 44.2 Å². The Bertz CT molecular complexity index is 804. The van der Waals surface area contributed by atoms with Crippen LogP contribution in [0.15, 0.2) is 53.4 Å². The van der Waals surface area contributed by atoms with Crippen LogP contribution in [0.25, 0.3) is 0 Å². The van der Waals surface area contributed by atoms with Gasteiger partial charge in [-0.25, -0.2) is 13.1 Å². The number of nitrogens with zero attached hydrogens (tertiary/aromatic N) is 1. The highest BCUT2D eigenvalue weighted by atomic mass is 32.2. The summed E-state index contributed by atoms with van der Waals surface area (Å²) in [6.07, 6.45) is 0.621. The Morgan fingerprint density at radius 3 is 2.43 bits per heavy atom. The second-order valence-electron chi connectivity index (χ2n) is 5.68. The average Bonchev–Trinajstić information content (AvgIpc) is 2.55. The van der Waals surface area contributed by atoms with Gasteiger partial charge in [0.05, 0.1) is 16.5 Å². The molecule has 0 aromatic heterocycles. The lowest BCUT2D eigenvalue weighted by Gasteiger charge is -2.09. The zero-order valence-corrected chi connectivity index (χ0v) is 14.1. The van der Waals surface area contributed by atoms with Gasteiger partial charge in [0.15, 0.2) is 0 Å². The van der Waals surface area contributed by atoms with Crippen LogP contribution in [0.3, 0.4) is 0 Å². The maximum atomic E-state index is 12.2. The van der Waals surface area contributed by atoms with Gasteiger partial charge in [-0.2, -0.15) is 5.26 Å². The molecule has 0 aliphatic carbocycles. The van der Waals surface area contributed by atoms with Crippen molar-refractivity contribution < 1.29 is 8.42 Å². The monoisotopic (exact) mass is 328 g/mol. The molecule has 0 saturated carbocycles. The van der Waals surface area contributed by atoms with Crippen LogP contribution in [-0.2, 0) is 16.4 Å². The minimum atomic E-state index is -3.59. The molecule has 0 atom stereocenters. The summed E-state index contributed by atoms with van der Waals surface area (Å²) in [5.41, 5.74) is 2.68. The van der Waals surface area contributed by atoms with E-state index in [0.717, 1.165) is 5.56 Å². The van der Waals surface area contributed by atoms with E-state index in [0.29, 0.717) is 24.4 Å². The fourth-order valence-corrected chi connectivity index (χ4v) is 3.29. The van der Waals surface area contributed by atoms with E-state index in [4.69, 9.17) is 5.26 Å². The molecule has 0 fully saturated rings. The second-order valence-corrected chi connectivity index (χ2v) is 7.45. The molecular weight excluding hydrogens is 308 g/mol. The van der Waals surface area contributed by atoms with E-state index in [9.17, 15) is 8.42 Å². The van der Waals surface area contributed by atoms with Gasteiger partial charge in [0.25, 0.3) is 0 Å². The van der Waals surface area contributed by atoms with Crippen LogP contribution < -0.4 is 4.72 Å². The first-order valence-corrected chi connectivity index (χ1v) is 8.99. The van der Waals surface area contributed by atoms with Gasteiger partial charge < -0.3 is 0 Å². The van der Waals surface area contributed by atoms with Crippen LogP contribution in [0.1, 0.15) is 36.5 Å². The first-order chi connectivity index (χ1) is 10.9. The Morgan fingerprint density at radius 1 is 1.13 bits per heavy atom. The quantitative estimate of drug-likeness (QED) is 0.885. The molecule has 0 unspecified atom stereocenters. The van der Waals surface area contributed by atoms with Gasteiger partial charge in [0.1, 0.15) is 0 Å². The van der Waals surface area contributed by atoms with Gasteiger partial charge in [0.2, 0.25) is 10.0 Å². The van der Waals surface area contributed by atoms with Gasteiger partial charge in [-0.3, -0.25) is 0 Å². The molecule has 120 valence electrons. The third-order valence-corrected chi connectivity index (χ3v) is 5.08.